The predicted octanol–water partition coefficient (Wildman–Crippen LogP) is 3.13. The number of benzene rings is 2. The van der Waals surface area contributed by atoms with Gasteiger partial charge in [-0.2, -0.15) is 4.31 Å². The number of piperidine rings is 1. The van der Waals surface area contributed by atoms with E-state index in [1.54, 1.807) is 24.3 Å². The topological polar surface area (TPSA) is 84.9 Å². The maximum Gasteiger partial charge on any atom is 0.243 e. The molecule has 1 aliphatic rings. The average Bonchev–Trinajstić information content (AvgIpc) is 2.75. The van der Waals surface area contributed by atoms with Crippen molar-refractivity contribution in [3.8, 4) is 11.5 Å². The second-order valence-corrected chi connectivity index (χ2v) is 8.73. The molecule has 0 aromatic heterocycles. The fourth-order valence-electron chi connectivity index (χ4n) is 3.36. The number of para-hydroxylation sites is 2. The standard InChI is InChI=1S/C21H26N2O5S/c1-3-28-20-9-5-4-8-19(20)22-21(24)16-7-6-14-23(15-16)29(25,26)18-12-10-17(27-2)11-13-18/h4-5,8-13,16H,3,6-7,14-15H2,1-2H3,(H,22,24). The van der Waals surface area contributed by atoms with E-state index in [0.717, 1.165) is 0 Å². The van der Waals surface area contributed by atoms with Gasteiger partial charge in [-0.3, -0.25) is 4.79 Å². The molecule has 2 aromatic rings. The average molecular weight is 419 g/mol. The fourth-order valence-corrected chi connectivity index (χ4v) is 4.88. The van der Waals surface area contributed by atoms with E-state index in [9.17, 15) is 13.2 Å². The van der Waals surface area contributed by atoms with Gasteiger partial charge in [-0.05, 0) is 56.2 Å². The summed E-state index contributed by atoms with van der Waals surface area (Å²) >= 11 is 0. The quantitative estimate of drug-likeness (QED) is 0.747. The Morgan fingerprint density at radius 1 is 1.17 bits per heavy atom. The first-order valence-electron chi connectivity index (χ1n) is 9.62. The number of sulfonamides is 1. The summed E-state index contributed by atoms with van der Waals surface area (Å²) in [5.41, 5.74) is 0.592. The largest absolute Gasteiger partial charge is 0.497 e. The van der Waals surface area contributed by atoms with E-state index < -0.39 is 15.9 Å². The van der Waals surface area contributed by atoms with Crippen LogP contribution in [-0.4, -0.2) is 45.4 Å². The molecule has 0 radical (unpaired) electrons. The van der Waals surface area contributed by atoms with E-state index in [1.165, 1.54) is 23.5 Å². The van der Waals surface area contributed by atoms with Gasteiger partial charge in [0.1, 0.15) is 11.5 Å². The van der Waals surface area contributed by atoms with E-state index in [4.69, 9.17) is 9.47 Å². The summed E-state index contributed by atoms with van der Waals surface area (Å²) < 4.78 is 38.0. The van der Waals surface area contributed by atoms with Crippen LogP contribution in [0, 0.1) is 5.92 Å². The number of rotatable bonds is 7. The Morgan fingerprint density at radius 2 is 1.90 bits per heavy atom. The van der Waals surface area contributed by atoms with Crippen molar-refractivity contribution >= 4 is 21.6 Å². The van der Waals surface area contributed by atoms with Crippen LogP contribution >= 0.6 is 0 Å². The van der Waals surface area contributed by atoms with Gasteiger partial charge in [-0.25, -0.2) is 8.42 Å². The lowest BCUT2D eigenvalue weighted by atomic mass is 9.98. The van der Waals surface area contributed by atoms with Crippen LogP contribution < -0.4 is 14.8 Å². The van der Waals surface area contributed by atoms with Crippen molar-refractivity contribution in [2.75, 3.05) is 32.1 Å². The number of carbonyl (C=O) groups is 1. The Bertz CT molecular complexity index is 944. The molecule has 1 aliphatic heterocycles. The molecule has 1 heterocycles. The molecule has 1 amide bonds. The van der Waals surface area contributed by atoms with E-state index >= 15 is 0 Å². The van der Waals surface area contributed by atoms with Gasteiger partial charge in [-0.1, -0.05) is 12.1 Å². The maximum atomic E-state index is 13.0. The van der Waals surface area contributed by atoms with Crippen molar-refractivity contribution < 1.29 is 22.7 Å². The van der Waals surface area contributed by atoms with Crippen molar-refractivity contribution in [3.05, 3.63) is 48.5 Å². The summed E-state index contributed by atoms with van der Waals surface area (Å²) in [6, 6.07) is 13.5. The van der Waals surface area contributed by atoms with Crippen molar-refractivity contribution in [3.63, 3.8) is 0 Å². The molecule has 1 N–H and O–H groups in total. The summed E-state index contributed by atoms with van der Waals surface area (Å²) in [7, 11) is -2.14. The van der Waals surface area contributed by atoms with Crippen LogP contribution in [-0.2, 0) is 14.8 Å². The SMILES string of the molecule is CCOc1ccccc1NC(=O)C1CCCN(S(=O)(=O)c2ccc(OC)cc2)C1. The highest BCUT2D eigenvalue weighted by Gasteiger charge is 2.33. The molecule has 156 valence electrons. The zero-order valence-electron chi connectivity index (χ0n) is 16.6. The monoisotopic (exact) mass is 418 g/mol. The Balaban J connectivity index is 1.72. The van der Waals surface area contributed by atoms with Crippen LogP contribution in [0.15, 0.2) is 53.4 Å². The molecule has 2 aromatic carbocycles. The van der Waals surface area contributed by atoms with Gasteiger partial charge in [0.2, 0.25) is 15.9 Å². The smallest absolute Gasteiger partial charge is 0.243 e. The number of methoxy groups -OCH3 is 1. The Morgan fingerprint density at radius 3 is 2.59 bits per heavy atom. The number of anilines is 1. The first-order chi connectivity index (χ1) is 14.0. The van der Waals surface area contributed by atoms with E-state index in [1.807, 2.05) is 19.1 Å². The Labute approximate surface area is 171 Å². The van der Waals surface area contributed by atoms with Crippen LogP contribution in [0.4, 0.5) is 5.69 Å². The lowest BCUT2D eigenvalue weighted by Gasteiger charge is -2.31. The highest BCUT2D eigenvalue weighted by atomic mass is 32.2. The molecule has 0 spiro atoms. The summed E-state index contributed by atoms with van der Waals surface area (Å²) in [5, 5.41) is 2.89. The molecule has 29 heavy (non-hydrogen) atoms. The number of ether oxygens (including phenoxy) is 2. The minimum absolute atomic E-state index is 0.150. The molecule has 1 fully saturated rings. The third-order valence-corrected chi connectivity index (χ3v) is 6.78. The van der Waals surface area contributed by atoms with Gasteiger partial charge in [0, 0.05) is 13.1 Å². The highest BCUT2D eigenvalue weighted by Crippen LogP contribution is 2.28. The van der Waals surface area contributed by atoms with Gasteiger partial charge in [0.05, 0.1) is 30.2 Å². The predicted molar refractivity (Wildman–Crippen MR) is 111 cm³/mol. The van der Waals surface area contributed by atoms with E-state index in [0.29, 0.717) is 43.2 Å². The maximum absolute atomic E-state index is 13.0. The molecule has 1 atom stereocenters. The molecule has 7 nitrogen and oxygen atoms in total. The van der Waals surface area contributed by atoms with Gasteiger partial charge in [-0.15, -0.1) is 0 Å². The van der Waals surface area contributed by atoms with Crippen LogP contribution in [0.1, 0.15) is 19.8 Å². The zero-order valence-corrected chi connectivity index (χ0v) is 17.4. The van der Waals surface area contributed by atoms with Gasteiger partial charge < -0.3 is 14.8 Å². The molecule has 1 unspecified atom stereocenters. The van der Waals surface area contributed by atoms with Gasteiger partial charge in [0.25, 0.3) is 0 Å². The summed E-state index contributed by atoms with van der Waals surface area (Å²) in [6.45, 7) is 2.91. The molecular formula is C21H26N2O5S. The van der Waals surface area contributed by atoms with Crippen LogP contribution in [0.25, 0.3) is 0 Å². The number of nitrogens with one attached hydrogen (secondary N) is 1. The Hall–Kier alpha value is -2.58. The van der Waals surface area contributed by atoms with Crippen molar-refractivity contribution in [2.24, 2.45) is 5.92 Å². The molecule has 0 aliphatic carbocycles. The third kappa shape index (κ3) is 4.89. The highest BCUT2D eigenvalue weighted by molar-refractivity contribution is 7.89. The number of hydrogen-bond donors (Lipinski definition) is 1. The molecule has 1 saturated heterocycles. The minimum Gasteiger partial charge on any atom is -0.497 e. The summed E-state index contributed by atoms with van der Waals surface area (Å²) in [5.74, 6) is 0.563. The van der Waals surface area contributed by atoms with Crippen molar-refractivity contribution in [2.45, 2.75) is 24.7 Å². The molecule has 0 bridgehead atoms. The normalized spacial score (nSPS) is 17.5. The van der Waals surface area contributed by atoms with Gasteiger partial charge >= 0.3 is 0 Å². The van der Waals surface area contributed by atoms with Crippen molar-refractivity contribution in [1.82, 2.24) is 4.31 Å². The van der Waals surface area contributed by atoms with Gasteiger partial charge in [0.15, 0.2) is 0 Å². The zero-order chi connectivity index (χ0) is 20.9. The molecule has 3 rings (SSSR count). The molecule has 0 saturated carbocycles. The summed E-state index contributed by atoms with van der Waals surface area (Å²) in [6.07, 6.45) is 1.26. The minimum atomic E-state index is -3.67. The number of amides is 1. The summed E-state index contributed by atoms with van der Waals surface area (Å²) in [4.78, 5) is 13.0. The van der Waals surface area contributed by atoms with Crippen LogP contribution in [0.3, 0.4) is 0 Å². The molecule has 8 heteroatoms. The first kappa shape index (κ1) is 21.1. The third-order valence-electron chi connectivity index (χ3n) is 4.90. The second-order valence-electron chi connectivity index (χ2n) is 6.80. The lowest BCUT2D eigenvalue weighted by molar-refractivity contribution is -0.120. The second kappa shape index (κ2) is 9.28. The van der Waals surface area contributed by atoms with E-state index in [2.05, 4.69) is 5.32 Å². The lowest BCUT2D eigenvalue weighted by Crippen LogP contribution is -2.43. The van der Waals surface area contributed by atoms with E-state index in [-0.39, 0.29) is 17.3 Å². The molecular weight excluding hydrogens is 392 g/mol. The van der Waals surface area contributed by atoms with Crippen LogP contribution in [0.5, 0.6) is 11.5 Å². The number of hydrogen-bond acceptors (Lipinski definition) is 5. The number of carbonyl (C=O) groups excluding carboxylic acids is 1. The number of nitrogens with zero attached hydrogens (tertiary/aromatic N) is 1. The van der Waals surface area contributed by atoms with Crippen LogP contribution in [0.2, 0.25) is 0 Å². The Kier molecular flexibility index (Phi) is 6.76. The van der Waals surface area contributed by atoms with Crippen molar-refractivity contribution in [1.29, 1.82) is 0 Å². The fraction of sp³-hybridized carbons (Fsp3) is 0.381. The first-order valence-corrected chi connectivity index (χ1v) is 11.1.